The maximum atomic E-state index is 13.4. The fourth-order valence-electron chi connectivity index (χ4n) is 1.08. The van der Waals surface area contributed by atoms with Gasteiger partial charge in [-0.05, 0) is 6.07 Å². The van der Waals surface area contributed by atoms with Crippen LogP contribution in [0.3, 0.4) is 0 Å². The van der Waals surface area contributed by atoms with Crippen LogP contribution in [0.15, 0.2) is 12.1 Å². The van der Waals surface area contributed by atoms with Gasteiger partial charge in [0.15, 0.2) is 5.75 Å². The smallest absolute Gasteiger partial charge is 0.400 e. The van der Waals surface area contributed by atoms with Gasteiger partial charge in [0.1, 0.15) is 0 Å². The molecule has 0 aromatic heterocycles. The summed E-state index contributed by atoms with van der Waals surface area (Å²) in [5.74, 6) is -3.30. The van der Waals surface area contributed by atoms with Gasteiger partial charge in [0, 0.05) is 6.07 Å². The lowest BCUT2D eigenvalue weighted by Crippen LogP contribution is -2.19. The Balaban J connectivity index is 3.35. The quantitative estimate of drug-likeness (QED) is 0.393. The number of nitro benzene ring substituents is 1. The lowest BCUT2D eigenvalue weighted by atomic mass is 10.2. The van der Waals surface area contributed by atoms with Crippen molar-refractivity contribution in [2.45, 2.75) is 6.36 Å². The van der Waals surface area contributed by atoms with Crippen molar-refractivity contribution >= 4 is 17.8 Å². The minimum atomic E-state index is -5.25. The van der Waals surface area contributed by atoms with Crippen molar-refractivity contribution in [3.05, 3.63) is 28.1 Å². The fourth-order valence-corrected chi connectivity index (χ4v) is 1.08. The van der Waals surface area contributed by atoms with E-state index in [1.807, 2.05) is 0 Å². The molecule has 0 bridgehead atoms. The van der Waals surface area contributed by atoms with Crippen LogP contribution in [0.4, 0.5) is 28.9 Å². The predicted molar refractivity (Wildman–Crippen MR) is 49.4 cm³/mol. The number of hydrogen-bond donors (Lipinski definition) is 1. The van der Waals surface area contributed by atoms with Crippen LogP contribution in [-0.4, -0.2) is 17.7 Å². The average molecular weight is 268 g/mol. The van der Waals surface area contributed by atoms with Crippen LogP contribution in [0.5, 0.6) is 5.75 Å². The number of hydrogen-bond acceptors (Lipinski definition) is 4. The highest BCUT2D eigenvalue weighted by Gasteiger charge is 2.35. The van der Waals surface area contributed by atoms with E-state index >= 15 is 0 Å². The second-order valence-corrected chi connectivity index (χ2v) is 2.84. The summed E-state index contributed by atoms with van der Waals surface area (Å²) < 4.78 is 52.7. The molecule has 98 valence electrons. The molecule has 0 unspecified atom stereocenters. The van der Waals surface area contributed by atoms with Crippen LogP contribution in [0.25, 0.3) is 0 Å². The number of anilines is 1. The molecule has 18 heavy (non-hydrogen) atoms. The number of benzene rings is 1. The highest BCUT2D eigenvalue weighted by atomic mass is 19.4. The van der Waals surface area contributed by atoms with Gasteiger partial charge < -0.3 is 10.1 Å². The van der Waals surface area contributed by atoms with E-state index in [-0.39, 0.29) is 6.41 Å². The molecule has 0 fully saturated rings. The van der Waals surface area contributed by atoms with Crippen LogP contribution in [0.1, 0.15) is 0 Å². The van der Waals surface area contributed by atoms with E-state index in [1.54, 1.807) is 5.32 Å². The number of amides is 1. The molecule has 0 aliphatic rings. The zero-order valence-corrected chi connectivity index (χ0v) is 8.32. The number of rotatable bonds is 4. The fraction of sp³-hybridized carbons (Fsp3) is 0.125. The maximum Gasteiger partial charge on any atom is 0.573 e. The van der Waals surface area contributed by atoms with Crippen molar-refractivity contribution in [1.29, 1.82) is 0 Å². The molecule has 0 saturated carbocycles. The third kappa shape index (κ3) is 3.06. The van der Waals surface area contributed by atoms with Crippen molar-refractivity contribution in [3.63, 3.8) is 0 Å². The number of halogens is 4. The SMILES string of the molecule is O=CNc1ccc([N+](=O)[O-])c(F)c1OC(F)(F)F. The molecule has 0 radical (unpaired) electrons. The van der Waals surface area contributed by atoms with Crippen molar-refractivity contribution in [2.75, 3.05) is 5.32 Å². The standard InChI is InChI=1S/C8H4F4N2O4/c9-6-5(14(16)17)2-1-4(13-3-15)7(6)18-8(10,11)12/h1-3H,(H,13,15). The highest BCUT2D eigenvalue weighted by molar-refractivity contribution is 5.76. The zero-order valence-electron chi connectivity index (χ0n) is 8.32. The second kappa shape index (κ2) is 4.85. The Morgan fingerprint density at radius 3 is 2.44 bits per heavy atom. The molecule has 0 spiro atoms. The lowest BCUT2D eigenvalue weighted by molar-refractivity contribution is -0.387. The highest BCUT2D eigenvalue weighted by Crippen LogP contribution is 2.37. The molecule has 0 saturated heterocycles. The number of nitrogens with zero attached hydrogens (tertiary/aromatic N) is 1. The summed E-state index contributed by atoms with van der Waals surface area (Å²) in [4.78, 5) is 19.2. The molecule has 0 heterocycles. The number of nitro groups is 1. The molecule has 1 rings (SSSR count). The Labute approximate surface area is 96.3 Å². The van der Waals surface area contributed by atoms with E-state index in [1.165, 1.54) is 0 Å². The average Bonchev–Trinajstić information content (AvgIpc) is 2.21. The third-order valence-corrected chi connectivity index (χ3v) is 1.71. The van der Waals surface area contributed by atoms with E-state index in [0.717, 1.165) is 6.07 Å². The van der Waals surface area contributed by atoms with Gasteiger partial charge in [0.2, 0.25) is 12.2 Å². The van der Waals surface area contributed by atoms with Crippen LogP contribution >= 0.6 is 0 Å². The lowest BCUT2D eigenvalue weighted by Gasteiger charge is -2.13. The number of alkyl halides is 3. The summed E-state index contributed by atoms with van der Waals surface area (Å²) >= 11 is 0. The number of nitrogens with one attached hydrogen (secondary N) is 1. The molecule has 1 aromatic carbocycles. The van der Waals surface area contributed by atoms with Gasteiger partial charge in [-0.1, -0.05) is 0 Å². The van der Waals surface area contributed by atoms with Gasteiger partial charge in [-0.25, -0.2) is 0 Å². The first-order valence-corrected chi connectivity index (χ1v) is 4.19. The molecular weight excluding hydrogens is 264 g/mol. The molecule has 1 N–H and O–H groups in total. The van der Waals surface area contributed by atoms with Gasteiger partial charge >= 0.3 is 12.0 Å². The molecule has 1 amide bonds. The zero-order chi connectivity index (χ0) is 13.9. The van der Waals surface area contributed by atoms with E-state index in [0.29, 0.717) is 6.07 Å². The molecule has 6 nitrogen and oxygen atoms in total. The summed E-state index contributed by atoms with van der Waals surface area (Å²) in [6.07, 6.45) is -5.28. The van der Waals surface area contributed by atoms with E-state index in [4.69, 9.17) is 0 Å². The normalized spacial score (nSPS) is 10.9. The minimum absolute atomic E-state index is 0.0240. The van der Waals surface area contributed by atoms with Gasteiger partial charge in [-0.3, -0.25) is 14.9 Å². The molecule has 1 aromatic rings. The van der Waals surface area contributed by atoms with E-state index < -0.39 is 34.2 Å². The first kappa shape index (κ1) is 13.7. The number of carbonyl (C=O) groups excluding carboxylic acids is 1. The number of ether oxygens (including phenoxy) is 1. The monoisotopic (exact) mass is 268 g/mol. The van der Waals surface area contributed by atoms with Crippen LogP contribution < -0.4 is 10.1 Å². The summed E-state index contributed by atoms with van der Waals surface area (Å²) in [6, 6.07) is 1.32. The van der Waals surface area contributed by atoms with E-state index in [9.17, 15) is 32.5 Å². The van der Waals surface area contributed by atoms with Crippen molar-refractivity contribution in [1.82, 2.24) is 0 Å². The van der Waals surface area contributed by atoms with Crippen LogP contribution in [0.2, 0.25) is 0 Å². The minimum Gasteiger partial charge on any atom is -0.400 e. The Bertz CT molecular complexity index is 489. The molecule has 0 aliphatic heterocycles. The largest absolute Gasteiger partial charge is 0.573 e. The Morgan fingerprint density at radius 2 is 2.00 bits per heavy atom. The summed E-state index contributed by atoms with van der Waals surface area (Å²) in [6.45, 7) is 0. The molecular formula is C8H4F4N2O4. The first-order valence-electron chi connectivity index (χ1n) is 4.19. The van der Waals surface area contributed by atoms with Gasteiger partial charge in [0.25, 0.3) is 0 Å². The Morgan fingerprint density at radius 1 is 1.39 bits per heavy atom. The van der Waals surface area contributed by atoms with E-state index in [2.05, 4.69) is 4.74 Å². The topological polar surface area (TPSA) is 81.5 Å². The van der Waals surface area contributed by atoms with Crippen molar-refractivity contribution in [2.24, 2.45) is 0 Å². The maximum absolute atomic E-state index is 13.4. The van der Waals surface area contributed by atoms with Crippen LogP contribution in [0, 0.1) is 15.9 Å². The molecule has 0 aliphatic carbocycles. The summed E-state index contributed by atoms with van der Waals surface area (Å²) in [5, 5.41) is 12.1. The van der Waals surface area contributed by atoms with Crippen LogP contribution in [-0.2, 0) is 4.79 Å². The Kier molecular flexibility index (Phi) is 3.69. The molecule has 0 atom stereocenters. The molecule has 10 heteroatoms. The van der Waals surface area contributed by atoms with Crippen molar-refractivity contribution < 1.29 is 32.0 Å². The Hall–Kier alpha value is -2.39. The van der Waals surface area contributed by atoms with Gasteiger partial charge in [-0.15, -0.1) is 13.2 Å². The predicted octanol–water partition coefficient (Wildman–Crippen LogP) is 2.20. The van der Waals surface area contributed by atoms with Gasteiger partial charge in [-0.2, -0.15) is 4.39 Å². The number of carbonyl (C=O) groups is 1. The van der Waals surface area contributed by atoms with Gasteiger partial charge in [0.05, 0.1) is 10.6 Å². The first-order chi connectivity index (χ1) is 8.26. The second-order valence-electron chi connectivity index (χ2n) is 2.84. The van der Waals surface area contributed by atoms with Crippen molar-refractivity contribution in [3.8, 4) is 5.75 Å². The summed E-state index contributed by atoms with van der Waals surface area (Å²) in [7, 11) is 0. The summed E-state index contributed by atoms with van der Waals surface area (Å²) in [5.41, 5.74) is -1.88. The third-order valence-electron chi connectivity index (χ3n) is 1.71.